The average molecular weight is 349 g/mol. The zero-order valence-corrected chi connectivity index (χ0v) is 14.8. The lowest BCUT2D eigenvalue weighted by Gasteiger charge is -2.23. The number of benzene rings is 1. The first-order chi connectivity index (χ1) is 11.6. The van der Waals surface area contributed by atoms with E-state index in [-0.39, 0.29) is 17.8 Å². The molecule has 1 atom stereocenters. The second-order valence-corrected chi connectivity index (χ2v) is 7.53. The Morgan fingerprint density at radius 1 is 1.38 bits per heavy atom. The van der Waals surface area contributed by atoms with Gasteiger partial charge in [-0.3, -0.25) is 9.79 Å². The number of rotatable bonds is 4. The van der Waals surface area contributed by atoms with E-state index in [1.165, 1.54) is 44.2 Å². The van der Waals surface area contributed by atoms with Crippen molar-refractivity contribution in [2.75, 3.05) is 18.1 Å². The van der Waals surface area contributed by atoms with E-state index in [0.29, 0.717) is 18.2 Å². The van der Waals surface area contributed by atoms with Gasteiger partial charge < -0.3 is 10.2 Å². The molecule has 0 spiro atoms. The zero-order chi connectivity index (χ0) is 16.9. The minimum Gasteiger partial charge on any atom is -0.350 e. The number of thioether (sulfide) groups is 1. The van der Waals surface area contributed by atoms with E-state index in [1.807, 2.05) is 7.05 Å². The summed E-state index contributed by atoms with van der Waals surface area (Å²) in [6.45, 7) is 0. The van der Waals surface area contributed by atoms with Gasteiger partial charge in [-0.2, -0.15) is 0 Å². The molecule has 2 aliphatic rings. The molecule has 6 heteroatoms. The van der Waals surface area contributed by atoms with Gasteiger partial charge in [-0.05, 0) is 31.0 Å². The Labute approximate surface area is 146 Å². The number of amides is 1. The Hall–Kier alpha value is -1.56. The number of nitrogens with zero attached hydrogens (tertiary/aromatic N) is 2. The van der Waals surface area contributed by atoms with E-state index in [0.717, 1.165) is 10.9 Å². The minimum absolute atomic E-state index is 0.0861. The van der Waals surface area contributed by atoms with Gasteiger partial charge in [0.05, 0.1) is 6.04 Å². The van der Waals surface area contributed by atoms with Crippen molar-refractivity contribution in [2.24, 2.45) is 4.99 Å². The van der Waals surface area contributed by atoms with Crippen molar-refractivity contribution in [2.45, 2.75) is 50.6 Å². The summed E-state index contributed by atoms with van der Waals surface area (Å²) in [4.78, 5) is 19.2. The van der Waals surface area contributed by atoms with E-state index < -0.39 is 0 Å². The highest BCUT2D eigenvalue weighted by molar-refractivity contribution is 8.14. The number of amidine groups is 1. The predicted octanol–water partition coefficient (Wildman–Crippen LogP) is 3.89. The molecule has 1 saturated carbocycles. The lowest BCUT2D eigenvalue weighted by molar-refractivity contribution is -0.116. The van der Waals surface area contributed by atoms with Crippen LogP contribution in [0.5, 0.6) is 0 Å². The van der Waals surface area contributed by atoms with E-state index in [9.17, 15) is 9.18 Å². The maximum atomic E-state index is 13.2. The van der Waals surface area contributed by atoms with Crippen LogP contribution >= 0.6 is 11.8 Å². The second kappa shape index (κ2) is 8.01. The van der Waals surface area contributed by atoms with Gasteiger partial charge in [0.2, 0.25) is 5.91 Å². The van der Waals surface area contributed by atoms with Crippen LogP contribution in [0.1, 0.15) is 38.5 Å². The molecule has 1 heterocycles. The van der Waals surface area contributed by atoms with Crippen molar-refractivity contribution in [1.29, 1.82) is 0 Å². The summed E-state index contributed by atoms with van der Waals surface area (Å²) >= 11 is 1.74. The summed E-state index contributed by atoms with van der Waals surface area (Å²) in [6.07, 6.45) is 6.63. The molecule has 24 heavy (non-hydrogen) atoms. The molecule has 0 radical (unpaired) electrons. The topological polar surface area (TPSA) is 44.7 Å². The van der Waals surface area contributed by atoms with Crippen LogP contribution in [0.15, 0.2) is 29.3 Å². The van der Waals surface area contributed by atoms with Crippen molar-refractivity contribution < 1.29 is 9.18 Å². The van der Waals surface area contributed by atoms with Crippen molar-refractivity contribution in [1.82, 2.24) is 4.90 Å². The van der Waals surface area contributed by atoms with Crippen molar-refractivity contribution in [3.05, 3.63) is 30.1 Å². The Balaban J connectivity index is 1.54. The maximum absolute atomic E-state index is 13.2. The minimum atomic E-state index is -0.344. The molecule has 3 rings (SSSR count). The molecule has 1 aliphatic carbocycles. The van der Waals surface area contributed by atoms with Crippen LogP contribution in [0.3, 0.4) is 0 Å². The number of carbonyl (C=O) groups is 1. The maximum Gasteiger partial charge on any atom is 0.226 e. The summed E-state index contributed by atoms with van der Waals surface area (Å²) in [5.74, 6) is 0.443. The van der Waals surface area contributed by atoms with Gasteiger partial charge in [0.1, 0.15) is 5.82 Å². The normalized spacial score (nSPS) is 23.7. The highest BCUT2D eigenvalue weighted by Crippen LogP contribution is 2.28. The fourth-order valence-corrected chi connectivity index (χ4v) is 4.48. The summed E-state index contributed by atoms with van der Waals surface area (Å²) in [5, 5.41) is 3.83. The Morgan fingerprint density at radius 2 is 2.17 bits per heavy atom. The molecular formula is C18H24FN3OS. The number of halogens is 1. The molecule has 130 valence electrons. The number of carbonyl (C=O) groups excluding carboxylic acids is 1. The molecule has 1 aromatic carbocycles. The van der Waals surface area contributed by atoms with Gasteiger partial charge >= 0.3 is 0 Å². The van der Waals surface area contributed by atoms with Crippen LogP contribution in [0, 0.1) is 5.82 Å². The molecule has 1 N–H and O–H groups in total. The third-order valence-corrected chi connectivity index (χ3v) is 5.85. The molecule has 1 aliphatic heterocycles. The SMILES string of the molecule is CN1C(=NC2CCCCC2)SCC1CC(=O)Nc1cccc(F)c1. The highest BCUT2D eigenvalue weighted by atomic mass is 32.2. The molecule has 1 aromatic rings. The quantitative estimate of drug-likeness (QED) is 0.897. The third kappa shape index (κ3) is 4.50. The molecule has 1 amide bonds. The molecule has 1 unspecified atom stereocenters. The first-order valence-corrected chi connectivity index (χ1v) is 9.59. The predicted molar refractivity (Wildman–Crippen MR) is 98.0 cm³/mol. The summed E-state index contributed by atoms with van der Waals surface area (Å²) in [5.41, 5.74) is 0.504. The van der Waals surface area contributed by atoms with Gasteiger partial charge in [-0.25, -0.2) is 4.39 Å². The largest absolute Gasteiger partial charge is 0.350 e. The van der Waals surface area contributed by atoms with Gasteiger partial charge in [-0.1, -0.05) is 37.1 Å². The van der Waals surface area contributed by atoms with Gasteiger partial charge in [0.15, 0.2) is 5.17 Å². The number of hydrogen-bond acceptors (Lipinski definition) is 3. The van der Waals surface area contributed by atoms with E-state index in [2.05, 4.69) is 10.2 Å². The standard InChI is InChI=1S/C18H24FN3OS/c1-22-16(11-17(23)20-15-9-5-6-13(19)10-15)12-24-18(22)21-14-7-3-2-4-8-14/h5-6,9-10,14,16H,2-4,7-8,11-12H2,1H3,(H,20,23). The summed E-state index contributed by atoms with van der Waals surface area (Å²) in [6, 6.07) is 6.59. The Bertz CT molecular complexity index is 616. The van der Waals surface area contributed by atoms with E-state index >= 15 is 0 Å². The van der Waals surface area contributed by atoms with Crippen molar-refractivity contribution in [3.8, 4) is 0 Å². The Morgan fingerprint density at radius 3 is 2.92 bits per heavy atom. The molecule has 0 aromatic heterocycles. The lowest BCUT2D eigenvalue weighted by Crippen LogP contribution is -2.34. The van der Waals surface area contributed by atoms with Gasteiger partial charge in [0, 0.05) is 31.0 Å². The molecule has 4 nitrogen and oxygen atoms in total. The summed E-state index contributed by atoms with van der Waals surface area (Å²) < 4.78 is 13.2. The molecule has 0 bridgehead atoms. The van der Waals surface area contributed by atoms with Gasteiger partial charge in [0.25, 0.3) is 0 Å². The highest BCUT2D eigenvalue weighted by Gasteiger charge is 2.29. The summed E-state index contributed by atoms with van der Waals surface area (Å²) in [7, 11) is 2.02. The van der Waals surface area contributed by atoms with Crippen LogP contribution in [-0.2, 0) is 4.79 Å². The fourth-order valence-electron chi connectivity index (χ4n) is 3.22. The number of hydrogen-bond donors (Lipinski definition) is 1. The van der Waals surface area contributed by atoms with E-state index in [1.54, 1.807) is 23.9 Å². The number of nitrogens with one attached hydrogen (secondary N) is 1. The first kappa shape index (κ1) is 17.3. The monoisotopic (exact) mass is 349 g/mol. The van der Waals surface area contributed by atoms with Crippen LogP contribution in [0.4, 0.5) is 10.1 Å². The fraction of sp³-hybridized carbons (Fsp3) is 0.556. The second-order valence-electron chi connectivity index (χ2n) is 6.54. The van der Waals surface area contributed by atoms with Crippen molar-refractivity contribution >= 4 is 28.5 Å². The molecule has 2 fully saturated rings. The average Bonchev–Trinajstić information content (AvgIpc) is 2.89. The van der Waals surface area contributed by atoms with Crippen LogP contribution in [0.25, 0.3) is 0 Å². The van der Waals surface area contributed by atoms with Crippen LogP contribution in [-0.4, -0.2) is 40.9 Å². The van der Waals surface area contributed by atoms with E-state index in [4.69, 9.17) is 4.99 Å². The van der Waals surface area contributed by atoms with Gasteiger partial charge in [-0.15, -0.1) is 0 Å². The third-order valence-electron chi connectivity index (χ3n) is 4.65. The number of anilines is 1. The zero-order valence-electron chi connectivity index (χ0n) is 14.0. The smallest absolute Gasteiger partial charge is 0.226 e. The first-order valence-electron chi connectivity index (χ1n) is 8.60. The molecule has 1 saturated heterocycles. The van der Waals surface area contributed by atoms with Crippen LogP contribution < -0.4 is 5.32 Å². The Kier molecular flexibility index (Phi) is 5.76. The van der Waals surface area contributed by atoms with Crippen molar-refractivity contribution in [3.63, 3.8) is 0 Å². The lowest BCUT2D eigenvalue weighted by atomic mass is 9.96. The van der Waals surface area contributed by atoms with Crippen LogP contribution in [0.2, 0.25) is 0 Å². The number of aliphatic imine (C=N–C) groups is 1. The molecular weight excluding hydrogens is 325 g/mol.